The topological polar surface area (TPSA) is 55.4 Å². The van der Waals surface area contributed by atoms with Gasteiger partial charge in [0, 0.05) is 6.42 Å². The van der Waals surface area contributed by atoms with Gasteiger partial charge in [-0.05, 0) is 28.7 Å². The van der Waals surface area contributed by atoms with Crippen LogP contribution in [0, 0.1) is 0 Å². The van der Waals surface area contributed by atoms with Crippen LogP contribution in [0.25, 0.3) is 0 Å². The average molecular weight is 581 g/mol. The first-order valence-electron chi connectivity index (χ1n) is 15.2. The van der Waals surface area contributed by atoms with Crippen molar-refractivity contribution in [3.05, 3.63) is 144 Å². The van der Waals surface area contributed by atoms with Gasteiger partial charge in [-0.3, -0.25) is 0 Å². The van der Waals surface area contributed by atoms with E-state index in [1.165, 1.54) is 0 Å². The highest BCUT2D eigenvalue weighted by molar-refractivity contribution is 5.17. The molecular formula is C37H40O6. The Bertz CT molecular complexity index is 1350. The zero-order valence-corrected chi connectivity index (χ0v) is 24.5. The fourth-order valence-corrected chi connectivity index (χ4v) is 5.87. The molecule has 1 spiro atoms. The van der Waals surface area contributed by atoms with Gasteiger partial charge >= 0.3 is 0 Å². The smallest absolute Gasteiger partial charge is 0.197 e. The molecule has 2 aliphatic rings. The van der Waals surface area contributed by atoms with Crippen molar-refractivity contribution in [1.29, 1.82) is 0 Å². The van der Waals surface area contributed by atoms with E-state index in [2.05, 4.69) is 48.5 Å². The van der Waals surface area contributed by atoms with Crippen LogP contribution in [0.15, 0.2) is 121 Å². The van der Waals surface area contributed by atoms with Crippen molar-refractivity contribution in [3.63, 3.8) is 0 Å². The lowest BCUT2D eigenvalue weighted by atomic mass is 9.90. The Morgan fingerprint density at radius 2 is 1.02 bits per heavy atom. The van der Waals surface area contributed by atoms with E-state index >= 15 is 0 Å². The standard InChI is InChI=1S/C37H40O6/c1-5-14-29(15-6-1)24-38-28-33-34(39-25-30-16-7-2-8-17-30)35(40-26-31-18-9-3-10-19-31)36(37(43-33)22-13-23-42-37)41-27-32-20-11-4-12-21-32/h1-12,14-21,33-36H,13,22-28H2/t33?,34-,35?,36?,37+/m1/s1. The lowest BCUT2D eigenvalue weighted by molar-refractivity contribution is -0.371. The maximum absolute atomic E-state index is 6.88. The zero-order chi connectivity index (χ0) is 29.2. The van der Waals surface area contributed by atoms with Crippen LogP contribution < -0.4 is 0 Å². The molecule has 0 bridgehead atoms. The summed E-state index contributed by atoms with van der Waals surface area (Å²) >= 11 is 0. The summed E-state index contributed by atoms with van der Waals surface area (Å²) in [5.41, 5.74) is 4.34. The fourth-order valence-electron chi connectivity index (χ4n) is 5.87. The molecule has 4 aromatic carbocycles. The lowest BCUT2D eigenvalue weighted by Gasteiger charge is -2.50. The van der Waals surface area contributed by atoms with Crippen molar-refractivity contribution >= 4 is 0 Å². The van der Waals surface area contributed by atoms with Crippen LogP contribution in [-0.4, -0.2) is 43.4 Å². The van der Waals surface area contributed by atoms with Crippen LogP contribution in [0.5, 0.6) is 0 Å². The molecule has 2 aliphatic heterocycles. The summed E-state index contributed by atoms with van der Waals surface area (Å²) in [4.78, 5) is 0. The van der Waals surface area contributed by atoms with Crippen LogP contribution in [0.1, 0.15) is 35.1 Å². The summed E-state index contributed by atoms with van der Waals surface area (Å²) in [5, 5.41) is 0. The average Bonchev–Trinajstić information content (AvgIpc) is 3.53. The quantitative estimate of drug-likeness (QED) is 0.172. The molecule has 6 nitrogen and oxygen atoms in total. The van der Waals surface area contributed by atoms with Gasteiger partial charge < -0.3 is 28.4 Å². The van der Waals surface area contributed by atoms with E-state index in [0.29, 0.717) is 46.1 Å². The highest BCUT2D eigenvalue weighted by Crippen LogP contribution is 2.43. The minimum absolute atomic E-state index is 0.329. The fraction of sp³-hybridized carbons (Fsp3) is 0.351. The van der Waals surface area contributed by atoms with Gasteiger partial charge in [0.25, 0.3) is 0 Å². The van der Waals surface area contributed by atoms with E-state index in [-0.39, 0.29) is 0 Å². The van der Waals surface area contributed by atoms with Gasteiger partial charge in [0.2, 0.25) is 0 Å². The maximum Gasteiger partial charge on any atom is 0.197 e. The van der Waals surface area contributed by atoms with Gasteiger partial charge in [-0.15, -0.1) is 0 Å². The molecular weight excluding hydrogens is 540 g/mol. The summed E-state index contributed by atoms with van der Waals surface area (Å²) in [6.45, 7) is 2.64. The van der Waals surface area contributed by atoms with Gasteiger partial charge in [-0.2, -0.15) is 0 Å². The van der Waals surface area contributed by atoms with E-state index in [1.54, 1.807) is 0 Å². The molecule has 0 saturated carbocycles. The van der Waals surface area contributed by atoms with Crippen LogP contribution in [-0.2, 0) is 54.8 Å². The minimum Gasteiger partial charge on any atom is -0.374 e. The minimum atomic E-state index is -0.955. The van der Waals surface area contributed by atoms with E-state index in [1.807, 2.05) is 72.8 Å². The largest absolute Gasteiger partial charge is 0.374 e. The lowest BCUT2D eigenvalue weighted by Crippen LogP contribution is -2.67. The Morgan fingerprint density at radius 1 is 0.558 bits per heavy atom. The molecule has 43 heavy (non-hydrogen) atoms. The molecule has 2 heterocycles. The second-order valence-corrected chi connectivity index (χ2v) is 11.2. The zero-order valence-electron chi connectivity index (χ0n) is 24.5. The van der Waals surface area contributed by atoms with Gasteiger partial charge in [0.1, 0.15) is 24.4 Å². The molecule has 2 saturated heterocycles. The molecule has 0 N–H and O–H groups in total. The van der Waals surface area contributed by atoms with Gasteiger partial charge in [0.05, 0.1) is 39.6 Å². The molecule has 3 unspecified atom stereocenters. The summed E-state index contributed by atoms with van der Waals surface area (Å²) in [6, 6.07) is 40.7. The van der Waals surface area contributed by atoms with E-state index in [0.717, 1.165) is 28.7 Å². The predicted octanol–water partition coefficient (Wildman–Crippen LogP) is 6.86. The summed E-state index contributed by atoms with van der Waals surface area (Å²) in [7, 11) is 0. The molecule has 5 atom stereocenters. The summed E-state index contributed by atoms with van der Waals surface area (Å²) in [6.07, 6.45) is -0.282. The van der Waals surface area contributed by atoms with Crippen molar-refractivity contribution in [1.82, 2.24) is 0 Å². The normalized spacial score (nSPS) is 25.2. The first kappa shape index (κ1) is 29.7. The third-order valence-electron chi connectivity index (χ3n) is 8.03. The molecule has 6 heteroatoms. The third kappa shape index (κ3) is 7.78. The second-order valence-electron chi connectivity index (χ2n) is 11.2. The van der Waals surface area contributed by atoms with E-state index < -0.39 is 30.2 Å². The Kier molecular flexibility index (Phi) is 10.3. The number of hydrogen-bond donors (Lipinski definition) is 0. The van der Waals surface area contributed by atoms with Crippen molar-refractivity contribution in [3.8, 4) is 0 Å². The molecule has 0 aliphatic carbocycles. The molecule has 0 aromatic heterocycles. The van der Waals surface area contributed by atoms with Crippen LogP contribution >= 0.6 is 0 Å². The molecule has 0 amide bonds. The van der Waals surface area contributed by atoms with Crippen molar-refractivity contribution in [2.45, 2.75) is 69.5 Å². The first-order valence-corrected chi connectivity index (χ1v) is 15.2. The monoisotopic (exact) mass is 580 g/mol. The van der Waals surface area contributed by atoms with E-state index in [4.69, 9.17) is 28.4 Å². The number of benzene rings is 4. The van der Waals surface area contributed by atoms with E-state index in [9.17, 15) is 0 Å². The highest BCUT2D eigenvalue weighted by Gasteiger charge is 2.59. The van der Waals surface area contributed by atoms with Gasteiger partial charge in [-0.25, -0.2) is 0 Å². The Labute approximate surface area is 254 Å². The molecule has 4 aromatic rings. The maximum atomic E-state index is 6.88. The molecule has 2 fully saturated rings. The molecule has 0 radical (unpaired) electrons. The van der Waals surface area contributed by atoms with Gasteiger partial charge in [-0.1, -0.05) is 121 Å². The summed E-state index contributed by atoms with van der Waals surface area (Å²) in [5.74, 6) is -0.955. The molecule has 224 valence electrons. The Morgan fingerprint density at radius 3 is 1.51 bits per heavy atom. The van der Waals surface area contributed by atoms with Crippen LogP contribution in [0.3, 0.4) is 0 Å². The summed E-state index contributed by atoms with van der Waals surface area (Å²) < 4.78 is 39.8. The number of rotatable bonds is 13. The number of hydrogen-bond acceptors (Lipinski definition) is 6. The second kappa shape index (κ2) is 14.9. The highest BCUT2D eigenvalue weighted by atomic mass is 16.7. The first-order chi connectivity index (χ1) is 21.3. The number of ether oxygens (including phenoxy) is 6. The van der Waals surface area contributed by atoms with Crippen molar-refractivity contribution in [2.24, 2.45) is 0 Å². The van der Waals surface area contributed by atoms with Gasteiger partial charge in [0.15, 0.2) is 5.79 Å². The molecule has 6 rings (SSSR count). The predicted molar refractivity (Wildman–Crippen MR) is 164 cm³/mol. The van der Waals surface area contributed by atoms with Crippen LogP contribution in [0.2, 0.25) is 0 Å². The van der Waals surface area contributed by atoms with Crippen LogP contribution in [0.4, 0.5) is 0 Å². The van der Waals surface area contributed by atoms with Crippen molar-refractivity contribution in [2.75, 3.05) is 13.2 Å². The third-order valence-corrected chi connectivity index (χ3v) is 8.03. The Balaban J connectivity index is 1.29. The van der Waals surface area contributed by atoms with Crippen molar-refractivity contribution < 1.29 is 28.4 Å². The Hall–Kier alpha value is -3.36. The SMILES string of the molecule is c1ccc(COCC2O[C@@]3(CCCO3)C(OCc3ccccc3)C(OCc3ccccc3)[C@@H]2OCc2ccccc2)cc1.